The summed E-state index contributed by atoms with van der Waals surface area (Å²) in [5.41, 5.74) is 1.95. The Bertz CT molecular complexity index is 1320. The van der Waals surface area contributed by atoms with Gasteiger partial charge in [0.15, 0.2) is 0 Å². The van der Waals surface area contributed by atoms with Crippen molar-refractivity contribution in [3.8, 4) is 6.07 Å². The number of carbonyl (C=O) groups is 1. The fourth-order valence-electron chi connectivity index (χ4n) is 4.65. The van der Waals surface area contributed by atoms with Crippen LogP contribution < -0.4 is 15.4 Å². The lowest BCUT2D eigenvalue weighted by Crippen LogP contribution is -2.48. The second-order valence-electron chi connectivity index (χ2n) is 8.68. The zero-order valence-electron chi connectivity index (χ0n) is 20.6. The molecule has 2 saturated heterocycles. The van der Waals surface area contributed by atoms with E-state index >= 15 is 0 Å². The molecule has 4 rings (SSSR count). The largest absolute Gasteiger partial charge is 0.368 e. The van der Waals surface area contributed by atoms with Crippen LogP contribution in [0.3, 0.4) is 0 Å². The van der Waals surface area contributed by atoms with Gasteiger partial charge in [-0.15, -0.1) is 0 Å². The van der Waals surface area contributed by atoms with Gasteiger partial charge in [-0.1, -0.05) is 30.9 Å². The number of hydrogen-bond acceptors (Lipinski definition) is 7. The molecule has 188 valence electrons. The molecule has 0 bridgehead atoms. The lowest BCUT2D eigenvalue weighted by Gasteiger charge is -2.39. The Morgan fingerprint density at radius 2 is 1.75 bits per heavy atom. The molecule has 0 N–H and O–H groups in total. The molecule has 1 amide bonds. The van der Waals surface area contributed by atoms with Crippen molar-refractivity contribution in [2.75, 3.05) is 42.5 Å². The van der Waals surface area contributed by atoms with Crippen LogP contribution in [0.15, 0.2) is 34.0 Å². The monoisotopic (exact) mass is 525 g/mol. The molecule has 7 nitrogen and oxygen atoms in total. The van der Waals surface area contributed by atoms with E-state index < -0.39 is 0 Å². The number of halogens is 1. The van der Waals surface area contributed by atoms with Gasteiger partial charge in [-0.25, -0.2) is 4.39 Å². The number of pyridine rings is 1. The average molecular weight is 526 g/mol. The third-order valence-corrected chi connectivity index (χ3v) is 7.91. The van der Waals surface area contributed by atoms with Crippen LogP contribution in [0.25, 0.3) is 6.08 Å². The van der Waals surface area contributed by atoms with Crippen molar-refractivity contribution >= 4 is 51.8 Å². The highest BCUT2D eigenvalue weighted by molar-refractivity contribution is 8.26. The fraction of sp³-hybridized carbons (Fsp3) is 0.385. The van der Waals surface area contributed by atoms with E-state index in [-0.39, 0.29) is 22.8 Å². The smallest absolute Gasteiger partial charge is 0.270 e. The van der Waals surface area contributed by atoms with Crippen LogP contribution in [-0.4, -0.2) is 52.4 Å². The molecule has 1 aromatic carbocycles. The lowest BCUT2D eigenvalue weighted by atomic mass is 10.0. The van der Waals surface area contributed by atoms with Crippen LogP contribution in [0.4, 0.5) is 15.9 Å². The van der Waals surface area contributed by atoms with Gasteiger partial charge in [-0.3, -0.25) is 19.1 Å². The van der Waals surface area contributed by atoms with Crippen molar-refractivity contribution in [2.45, 2.75) is 33.7 Å². The summed E-state index contributed by atoms with van der Waals surface area (Å²) in [7, 11) is 0. The summed E-state index contributed by atoms with van der Waals surface area (Å²) in [4.78, 5) is 32.7. The van der Waals surface area contributed by atoms with E-state index in [0.717, 1.165) is 12.1 Å². The summed E-state index contributed by atoms with van der Waals surface area (Å²) in [6, 6.07) is 8.50. The lowest BCUT2D eigenvalue weighted by molar-refractivity contribution is -0.122. The van der Waals surface area contributed by atoms with E-state index in [0.29, 0.717) is 65.4 Å². The Morgan fingerprint density at radius 3 is 2.33 bits per heavy atom. The average Bonchev–Trinajstić information content (AvgIpc) is 3.14. The molecule has 0 atom stereocenters. The van der Waals surface area contributed by atoms with E-state index in [4.69, 9.17) is 12.2 Å². The number of benzene rings is 1. The van der Waals surface area contributed by atoms with Crippen LogP contribution in [0.5, 0.6) is 0 Å². The number of nitriles is 1. The Morgan fingerprint density at radius 1 is 1.11 bits per heavy atom. The summed E-state index contributed by atoms with van der Waals surface area (Å²) in [5, 5.41) is 9.76. The maximum Gasteiger partial charge on any atom is 0.270 e. The van der Waals surface area contributed by atoms with Gasteiger partial charge in [0.05, 0.1) is 4.91 Å². The van der Waals surface area contributed by atoms with E-state index in [1.165, 1.54) is 23.9 Å². The van der Waals surface area contributed by atoms with Gasteiger partial charge in [0, 0.05) is 50.5 Å². The molecule has 2 aromatic rings. The number of rotatable bonds is 6. The molecule has 3 heterocycles. The standard InChI is InChI=1S/C26H28FN5O2S2/c1-4-10-32-25(34)22(36-26(32)35)15-20-17(3)21(16-28)24(33)31(5-2)23(20)30-13-11-29(12-14-30)19-8-6-18(27)7-9-19/h6-9,15H,4-5,10-14H2,1-3H3. The molecule has 0 unspecified atom stereocenters. The SMILES string of the molecule is CCCN1C(=O)C(=Cc2c(C)c(C#N)c(=O)n(CC)c2N2CCN(c3ccc(F)cc3)CC2)SC1=S. The highest BCUT2D eigenvalue weighted by atomic mass is 32.2. The highest BCUT2D eigenvalue weighted by Gasteiger charge is 2.33. The third-order valence-electron chi connectivity index (χ3n) is 6.53. The molecule has 2 fully saturated rings. The molecule has 0 spiro atoms. The van der Waals surface area contributed by atoms with Gasteiger partial charge < -0.3 is 9.80 Å². The number of nitrogens with zero attached hydrogens (tertiary/aromatic N) is 5. The van der Waals surface area contributed by atoms with Crippen molar-refractivity contribution in [3.05, 3.63) is 62.0 Å². The Hall–Kier alpha value is -3.16. The number of amides is 1. The predicted octanol–water partition coefficient (Wildman–Crippen LogP) is 4.13. The molecule has 10 heteroatoms. The van der Waals surface area contributed by atoms with Gasteiger partial charge in [0.2, 0.25) is 0 Å². The summed E-state index contributed by atoms with van der Waals surface area (Å²) in [5.74, 6) is 0.288. The van der Waals surface area contributed by atoms with Crippen molar-refractivity contribution in [1.29, 1.82) is 5.26 Å². The minimum atomic E-state index is -0.329. The molecule has 0 aliphatic carbocycles. The van der Waals surface area contributed by atoms with Gasteiger partial charge in [0.25, 0.3) is 11.5 Å². The first-order valence-electron chi connectivity index (χ1n) is 12.0. The predicted molar refractivity (Wildman–Crippen MR) is 147 cm³/mol. The molecule has 0 radical (unpaired) electrons. The van der Waals surface area contributed by atoms with E-state index in [1.807, 2.05) is 13.8 Å². The number of anilines is 2. The third kappa shape index (κ3) is 4.77. The van der Waals surface area contributed by atoms with Crippen molar-refractivity contribution < 1.29 is 9.18 Å². The van der Waals surface area contributed by atoms with Crippen molar-refractivity contribution in [2.24, 2.45) is 0 Å². The molecular weight excluding hydrogens is 497 g/mol. The summed E-state index contributed by atoms with van der Waals surface area (Å²) >= 11 is 6.68. The molecule has 36 heavy (non-hydrogen) atoms. The Labute approximate surface area is 219 Å². The maximum absolute atomic E-state index is 13.4. The first-order valence-corrected chi connectivity index (χ1v) is 13.2. The van der Waals surface area contributed by atoms with Crippen molar-refractivity contribution in [3.63, 3.8) is 0 Å². The minimum Gasteiger partial charge on any atom is -0.368 e. The number of thioether (sulfide) groups is 1. The number of carbonyl (C=O) groups excluding carboxylic acids is 1. The van der Waals surface area contributed by atoms with Crippen molar-refractivity contribution in [1.82, 2.24) is 9.47 Å². The normalized spacial score (nSPS) is 17.3. The topological polar surface area (TPSA) is 72.6 Å². The first-order chi connectivity index (χ1) is 17.3. The molecule has 2 aliphatic heterocycles. The Balaban J connectivity index is 1.76. The molecule has 2 aliphatic rings. The van der Waals surface area contributed by atoms with Gasteiger partial charge in [-0.2, -0.15) is 5.26 Å². The number of aromatic nitrogens is 1. The zero-order chi connectivity index (χ0) is 26.0. The second kappa shape index (κ2) is 10.8. The van der Waals surface area contributed by atoms with Gasteiger partial charge in [-0.05, 0) is 56.2 Å². The number of piperazine rings is 1. The second-order valence-corrected chi connectivity index (χ2v) is 10.4. The zero-order valence-corrected chi connectivity index (χ0v) is 22.2. The quantitative estimate of drug-likeness (QED) is 0.415. The molecule has 1 aromatic heterocycles. The van der Waals surface area contributed by atoms with Crippen LogP contribution in [-0.2, 0) is 11.3 Å². The van der Waals surface area contributed by atoms with E-state index in [1.54, 1.807) is 34.6 Å². The summed E-state index contributed by atoms with van der Waals surface area (Å²) in [6.45, 7) is 9.18. The van der Waals surface area contributed by atoms with Gasteiger partial charge in [0.1, 0.15) is 27.6 Å². The summed E-state index contributed by atoms with van der Waals surface area (Å²) in [6.07, 6.45) is 2.58. The molecule has 0 saturated carbocycles. The number of thiocarbonyl (C=S) groups is 1. The minimum absolute atomic E-state index is 0.0841. The maximum atomic E-state index is 13.4. The van der Waals surface area contributed by atoms with E-state index in [2.05, 4.69) is 15.9 Å². The highest BCUT2D eigenvalue weighted by Crippen LogP contribution is 2.36. The van der Waals surface area contributed by atoms with Crippen LogP contribution in [0.2, 0.25) is 0 Å². The van der Waals surface area contributed by atoms with Gasteiger partial charge >= 0.3 is 0 Å². The van der Waals surface area contributed by atoms with Crippen LogP contribution in [0.1, 0.15) is 37.0 Å². The van der Waals surface area contributed by atoms with E-state index in [9.17, 15) is 19.2 Å². The van der Waals surface area contributed by atoms with Crippen LogP contribution in [0, 0.1) is 24.1 Å². The molecular formula is C26H28FN5O2S2. The Kier molecular flexibility index (Phi) is 7.81. The fourth-order valence-corrected chi connectivity index (χ4v) is 5.94. The van der Waals surface area contributed by atoms with Crippen LogP contribution >= 0.6 is 24.0 Å². The first kappa shape index (κ1) is 25.9. The number of hydrogen-bond donors (Lipinski definition) is 0. The summed E-state index contributed by atoms with van der Waals surface area (Å²) < 4.78 is 15.5.